The molecule has 0 saturated carbocycles. The molecule has 0 unspecified atom stereocenters. The third kappa shape index (κ3) is 3.38. The fourth-order valence-electron chi connectivity index (χ4n) is 1.51. The van der Waals surface area contributed by atoms with Crippen LogP contribution in [0.5, 0.6) is 5.75 Å². The molecule has 1 aromatic rings. The standard InChI is InChI=1S/C12H21N3O/c1-4-13-9-7-6-8-11-12(16-3)10-14-15(11)5-2/h6,8,10,13H,4-5,7,9H2,1-3H3/b8-6+. The fraction of sp³-hybridized carbons (Fsp3) is 0.583. The average Bonchev–Trinajstić information content (AvgIpc) is 2.71. The van der Waals surface area contributed by atoms with Gasteiger partial charge >= 0.3 is 0 Å². The summed E-state index contributed by atoms with van der Waals surface area (Å²) in [4.78, 5) is 0. The second-order valence-corrected chi connectivity index (χ2v) is 3.46. The monoisotopic (exact) mass is 223 g/mol. The molecule has 1 N–H and O–H groups in total. The van der Waals surface area contributed by atoms with Crippen LogP contribution >= 0.6 is 0 Å². The smallest absolute Gasteiger partial charge is 0.164 e. The van der Waals surface area contributed by atoms with Crippen LogP contribution in [-0.2, 0) is 6.54 Å². The lowest BCUT2D eigenvalue weighted by molar-refractivity contribution is 0.412. The zero-order valence-electron chi connectivity index (χ0n) is 10.4. The number of ether oxygens (including phenoxy) is 1. The van der Waals surface area contributed by atoms with E-state index in [9.17, 15) is 0 Å². The van der Waals surface area contributed by atoms with Gasteiger partial charge in [-0.15, -0.1) is 0 Å². The molecule has 4 nitrogen and oxygen atoms in total. The van der Waals surface area contributed by atoms with E-state index < -0.39 is 0 Å². The van der Waals surface area contributed by atoms with E-state index in [1.165, 1.54) is 0 Å². The molecule has 0 spiro atoms. The molecule has 4 heteroatoms. The van der Waals surface area contributed by atoms with Crippen LogP contribution in [0.4, 0.5) is 0 Å². The molecule has 0 atom stereocenters. The van der Waals surface area contributed by atoms with Gasteiger partial charge < -0.3 is 10.1 Å². The Bertz CT molecular complexity index is 310. The summed E-state index contributed by atoms with van der Waals surface area (Å²) >= 11 is 0. The number of nitrogens with zero attached hydrogens (tertiary/aromatic N) is 2. The van der Waals surface area contributed by atoms with Crippen molar-refractivity contribution in [2.24, 2.45) is 0 Å². The maximum absolute atomic E-state index is 5.26. The third-order valence-electron chi connectivity index (χ3n) is 2.38. The first-order chi connectivity index (χ1) is 7.83. The van der Waals surface area contributed by atoms with Crippen LogP contribution in [-0.4, -0.2) is 30.0 Å². The van der Waals surface area contributed by atoms with E-state index in [1.807, 2.05) is 4.68 Å². The Hall–Kier alpha value is -1.29. The van der Waals surface area contributed by atoms with Gasteiger partial charge in [0.25, 0.3) is 0 Å². The van der Waals surface area contributed by atoms with Gasteiger partial charge in [0, 0.05) is 6.54 Å². The lowest BCUT2D eigenvalue weighted by atomic mass is 10.3. The van der Waals surface area contributed by atoms with Crippen LogP contribution in [0.15, 0.2) is 12.3 Å². The lowest BCUT2D eigenvalue weighted by Crippen LogP contribution is -2.12. The molecule has 0 aromatic carbocycles. The predicted molar refractivity (Wildman–Crippen MR) is 66.6 cm³/mol. The van der Waals surface area contributed by atoms with Crippen molar-refractivity contribution in [3.63, 3.8) is 0 Å². The number of hydrogen-bond acceptors (Lipinski definition) is 3. The fourth-order valence-corrected chi connectivity index (χ4v) is 1.51. The molecule has 0 saturated heterocycles. The van der Waals surface area contributed by atoms with E-state index in [0.717, 1.165) is 37.5 Å². The van der Waals surface area contributed by atoms with E-state index in [4.69, 9.17) is 4.74 Å². The molecular formula is C12H21N3O. The van der Waals surface area contributed by atoms with Crippen LogP contribution in [0.1, 0.15) is 26.0 Å². The van der Waals surface area contributed by atoms with E-state index in [1.54, 1.807) is 13.3 Å². The Morgan fingerprint density at radius 1 is 1.50 bits per heavy atom. The minimum absolute atomic E-state index is 0.835. The number of rotatable bonds is 7. The summed E-state index contributed by atoms with van der Waals surface area (Å²) < 4.78 is 7.19. The zero-order chi connectivity index (χ0) is 11.8. The molecule has 0 fully saturated rings. The normalized spacial score (nSPS) is 11.2. The van der Waals surface area contributed by atoms with Gasteiger partial charge in [-0.1, -0.05) is 13.0 Å². The van der Waals surface area contributed by atoms with Crippen molar-refractivity contribution in [1.29, 1.82) is 0 Å². The van der Waals surface area contributed by atoms with Gasteiger partial charge in [-0.05, 0) is 32.5 Å². The number of hydrogen-bond donors (Lipinski definition) is 1. The molecule has 90 valence electrons. The predicted octanol–water partition coefficient (Wildman–Crippen LogP) is 1.92. The molecule has 1 rings (SSSR count). The molecule has 0 aliphatic rings. The first-order valence-corrected chi connectivity index (χ1v) is 5.80. The van der Waals surface area contributed by atoms with Crippen molar-refractivity contribution in [2.45, 2.75) is 26.8 Å². The third-order valence-corrected chi connectivity index (χ3v) is 2.38. The van der Waals surface area contributed by atoms with Crippen molar-refractivity contribution >= 4 is 6.08 Å². The van der Waals surface area contributed by atoms with Gasteiger partial charge in [0.05, 0.1) is 13.3 Å². The maximum Gasteiger partial charge on any atom is 0.164 e. The molecular weight excluding hydrogens is 202 g/mol. The summed E-state index contributed by atoms with van der Waals surface area (Å²) in [6.45, 7) is 7.07. The second-order valence-electron chi connectivity index (χ2n) is 3.46. The minimum Gasteiger partial charge on any atom is -0.493 e. The van der Waals surface area contributed by atoms with Gasteiger partial charge in [-0.2, -0.15) is 5.10 Å². The molecule has 0 radical (unpaired) electrons. The molecule has 0 amide bonds. The van der Waals surface area contributed by atoms with Crippen molar-refractivity contribution in [2.75, 3.05) is 20.2 Å². The summed E-state index contributed by atoms with van der Waals surface area (Å²) in [6.07, 6.45) is 7.00. The molecule has 0 bridgehead atoms. The summed E-state index contributed by atoms with van der Waals surface area (Å²) in [7, 11) is 1.67. The largest absolute Gasteiger partial charge is 0.493 e. The van der Waals surface area contributed by atoms with E-state index >= 15 is 0 Å². The number of nitrogens with one attached hydrogen (secondary N) is 1. The summed E-state index contributed by atoms with van der Waals surface area (Å²) in [6, 6.07) is 0. The van der Waals surface area contributed by atoms with Crippen LogP contribution in [0.3, 0.4) is 0 Å². The minimum atomic E-state index is 0.835. The van der Waals surface area contributed by atoms with Gasteiger partial charge in [-0.3, -0.25) is 4.68 Å². The molecule has 1 aromatic heterocycles. The van der Waals surface area contributed by atoms with Crippen LogP contribution in [0.25, 0.3) is 6.08 Å². The molecule has 0 aliphatic carbocycles. The Kier molecular flexibility index (Phi) is 5.64. The Balaban J connectivity index is 2.59. The first kappa shape index (κ1) is 12.8. The van der Waals surface area contributed by atoms with Gasteiger partial charge in [-0.25, -0.2) is 0 Å². The number of methoxy groups -OCH3 is 1. The maximum atomic E-state index is 5.26. The topological polar surface area (TPSA) is 39.1 Å². The van der Waals surface area contributed by atoms with E-state index in [0.29, 0.717) is 0 Å². The van der Waals surface area contributed by atoms with Crippen LogP contribution < -0.4 is 10.1 Å². The summed E-state index contributed by atoms with van der Waals surface area (Å²) in [5, 5.41) is 7.53. The highest BCUT2D eigenvalue weighted by Gasteiger charge is 2.05. The Morgan fingerprint density at radius 2 is 2.31 bits per heavy atom. The first-order valence-electron chi connectivity index (χ1n) is 5.80. The van der Waals surface area contributed by atoms with Crippen molar-refractivity contribution < 1.29 is 4.74 Å². The van der Waals surface area contributed by atoms with Gasteiger partial charge in [0.2, 0.25) is 0 Å². The van der Waals surface area contributed by atoms with Crippen molar-refractivity contribution in [3.05, 3.63) is 18.0 Å². The highest BCUT2D eigenvalue weighted by atomic mass is 16.5. The zero-order valence-corrected chi connectivity index (χ0v) is 10.4. The van der Waals surface area contributed by atoms with E-state index in [2.05, 4.69) is 36.4 Å². The lowest BCUT2D eigenvalue weighted by Gasteiger charge is -2.02. The van der Waals surface area contributed by atoms with Gasteiger partial charge in [0.15, 0.2) is 5.75 Å². The quantitative estimate of drug-likeness (QED) is 0.718. The van der Waals surface area contributed by atoms with Crippen molar-refractivity contribution in [3.8, 4) is 5.75 Å². The second kappa shape index (κ2) is 7.06. The van der Waals surface area contributed by atoms with E-state index in [-0.39, 0.29) is 0 Å². The number of aryl methyl sites for hydroxylation is 1. The Morgan fingerprint density at radius 3 is 2.94 bits per heavy atom. The summed E-state index contributed by atoms with van der Waals surface area (Å²) in [5.74, 6) is 0.835. The van der Waals surface area contributed by atoms with Crippen LogP contribution in [0, 0.1) is 0 Å². The summed E-state index contributed by atoms with van der Waals surface area (Å²) in [5.41, 5.74) is 1.04. The van der Waals surface area contributed by atoms with Crippen LogP contribution in [0.2, 0.25) is 0 Å². The van der Waals surface area contributed by atoms with Crippen molar-refractivity contribution in [1.82, 2.24) is 15.1 Å². The molecule has 0 aliphatic heterocycles. The highest BCUT2D eigenvalue weighted by molar-refractivity contribution is 5.52. The van der Waals surface area contributed by atoms with Gasteiger partial charge in [0.1, 0.15) is 5.69 Å². The molecule has 16 heavy (non-hydrogen) atoms. The SMILES string of the molecule is CCNCC/C=C/c1c(OC)cnn1CC. The Labute approximate surface area is 97.3 Å². The average molecular weight is 223 g/mol. The highest BCUT2D eigenvalue weighted by Crippen LogP contribution is 2.18. The molecule has 1 heterocycles. The number of aromatic nitrogens is 2.